The van der Waals surface area contributed by atoms with Crippen LogP contribution in [0.25, 0.3) is 0 Å². The van der Waals surface area contributed by atoms with E-state index in [1.807, 2.05) is 25.1 Å². The molecule has 2 N–H and O–H groups in total. The second-order valence-corrected chi connectivity index (χ2v) is 6.20. The Labute approximate surface area is 124 Å². The molecule has 21 heavy (non-hydrogen) atoms. The van der Waals surface area contributed by atoms with Gasteiger partial charge in [0.15, 0.2) is 0 Å². The predicted molar refractivity (Wildman–Crippen MR) is 79.7 cm³/mol. The van der Waals surface area contributed by atoms with Crippen LogP contribution < -0.4 is 10.6 Å². The second kappa shape index (κ2) is 5.15. The number of rotatable bonds is 2. The number of fused-ring (bicyclic) bond motifs is 1. The van der Waals surface area contributed by atoms with Crippen LogP contribution in [0, 0.1) is 5.41 Å². The SMILES string of the molecule is CNC(=O)C1(C)CCN(C(=O)c2ccc3c(c2)CNC3)C1. The predicted octanol–water partition coefficient (Wildman–Crippen LogP) is 0.888. The van der Waals surface area contributed by atoms with Crippen molar-refractivity contribution < 1.29 is 9.59 Å². The van der Waals surface area contributed by atoms with Crippen LogP contribution in [0.5, 0.6) is 0 Å². The van der Waals surface area contributed by atoms with Gasteiger partial charge in [0.25, 0.3) is 5.91 Å². The van der Waals surface area contributed by atoms with Crippen molar-refractivity contribution in [1.82, 2.24) is 15.5 Å². The van der Waals surface area contributed by atoms with Crippen LogP contribution in [0.4, 0.5) is 0 Å². The Morgan fingerprint density at radius 2 is 2.05 bits per heavy atom. The number of amides is 2. The van der Waals surface area contributed by atoms with E-state index < -0.39 is 5.41 Å². The number of likely N-dealkylation sites (tertiary alicyclic amines) is 1. The summed E-state index contributed by atoms with van der Waals surface area (Å²) in [5.74, 6) is 0.0354. The molecule has 1 fully saturated rings. The van der Waals surface area contributed by atoms with Gasteiger partial charge in [-0.1, -0.05) is 6.07 Å². The van der Waals surface area contributed by atoms with Crippen molar-refractivity contribution in [3.63, 3.8) is 0 Å². The topological polar surface area (TPSA) is 61.4 Å². The Morgan fingerprint density at radius 3 is 2.81 bits per heavy atom. The summed E-state index contributed by atoms with van der Waals surface area (Å²) in [5.41, 5.74) is 2.72. The molecule has 1 unspecified atom stereocenters. The number of carbonyl (C=O) groups is 2. The van der Waals surface area contributed by atoms with Gasteiger partial charge in [-0.05, 0) is 36.6 Å². The van der Waals surface area contributed by atoms with Crippen molar-refractivity contribution in [2.45, 2.75) is 26.4 Å². The van der Waals surface area contributed by atoms with E-state index in [-0.39, 0.29) is 11.8 Å². The van der Waals surface area contributed by atoms with Gasteiger partial charge in [-0.2, -0.15) is 0 Å². The van der Waals surface area contributed by atoms with Crippen LogP contribution in [0.1, 0.15) is 34.8 Å². The van der Waals surface area contributed by atoms with Crippen molar-refractivity contribution in [3.8, 4) is 0 Å². The van der Waals surface area contributed by atoms with Gasteiger partial charge in [0.1, 0.15) is 0 Å². The van der Waals surface area contributed by atoms with E-state index in [1.165, 1.54) is 11.1 Å². The quantitative estimate of drug-likeness (QED) is 0.849. The lowest BCUT2D eigenvalue weighted by Gasteiger charge is -2.23. The van der Waals surface area contributed by atoms with Crippen LogP contribution in [-0.4, -0.2) is 36.9 Å². The average Bonchev–Trinajstić information content (AvgIpc) is 3.12. The molecule has 0 saturated carbocycles. The third-order valence-electron chi connectivity index (χ3n) is 4.62. The van der Waals surface area contributed by atoms with Gasteiger partial charge in [-0.3, -0.25) is 9.59 Å². The van der Waals surface area contributed by atoms with E-state index >= 15 is 0 Å². The minimum atomic E-state index is -0.470. The summed E-state index contributed by atoms with van der Waals surface area (Å²) < 4.78 is 0. The first-order valence-corrected chi connectivity index (χ1v) is 7.37. The molecule has 2 amide bonds. The van der Waals surface area contributed by atoms with Crippen molar-refractivity contribution in [3.05, 3.63) is 34.9 Å². The van der Waals surface area contributed by atoms with Crippen LogP contribution in [0.2, 0.25) is 0 Å². The molecular formula is C16H21N3O2. The molecule has 2 aliphatic rings. The zero-order valence-electron chi connectivity index (χ0n) is 12.5. The van der Waals surface area contributed by atoms with Gasteiger partial charge in [0.05, 0.1) is 5.41 Å². The van der Waals surface area contributed by atoms with Gasteiger partial charge in [0.2, 0.25) is 5.91 Å². The van der Waals surface area contributed by atoms with E-state index in [1.54, 1.807) is 11.9 Å². The first-order valence-electron chi connectivity index (χ1n) is 7.37. The van der Waals surface area contributed by atoms with Crippen LogP contribution in [-0.2, 0) is 17.9 Å². The molecule has 1 atom stereocenters. The molecule has 1 saturated heterocycles. The molecule has 3 rings (SSSR count). The summed E-state index contributed by atoms with van der Waals surface area (Å²) in [6.07, 6.45) is 0.713. The standard InChI is InChI=1S/C16H21N3O2/c1-16(15(21)17-2)5-6-19(10-16)14(20)11-3-4-12-8-18-9-13(12)7-11/h3-4,7,18H,5-6,8-10H2,1-2H3,(H,17,21). The third kappa shape index (κ3) is 2.42. The summed E-state index contributed by atoms with van der Waals surface area (Å²) in [5, 5.41) is 5.98. The van der Waals surface area contributed by atoms with Gasteiger partial charge in [-0.25, -0.2) is 0 Å². The molecule has 5 heteroatoms. The maximum Gasteiger partial charge on any atom is 0.253 e. The fraction of sp³-hybridized carbons (Fsp3) is 0.500. The summed E-state index contributed by atoms with van der Waals surface area (Å²) >= 11 is 0. The lowest BCUT2D eigenvalue weighted by molar-refractivity contribution is -0.128. The Kier molecular flexibility index (Phi) is 3.45. The Bertz CT molecular complexity index is 599. The molecule has 2 heterocycles. The fourth-order valence-corrected chi connectivity index (χ4v) is 3.23. The highest BCUT2D eigenvalue weighted by molar-refractivity contribution is 5.95. The largest absolute Gasteiger partial charge is 0.359 e. The highest BCUT2D eigenvalue weighted by atomic mass is 16.2. The zero-order chi connectivity index (χ0) is 15.0. The monoisotopic (exact) mass is 287 g/mol. The molecule has 1 aromatic carbocycles. The fourth-order valence-electron chi connectivity index (χ4n) is 3.23. The Hall–Kier alpha value is -1.88. The molecule has 1 aromatic rings. The second-order valence-electron chi connectivity index (χ2n) is 6.20. The summed E-state index contributed by atoms with van der Waals surface area (Å²) in [7, 11) is 1.64. The molecule has 0 radical (unpaired) electrons. The number of nitrogens with zero attached hydrogens (tertiary/aromatic N) is 1. The molecule has 0 aromatic heterocycles. The van der Waals surface area contributed by atoms with Gasteiger partial charge in [0, 0.05) is 38.8 Å². The number of nitrogens with one attached hydrogen (secondary N) is 2. The minimum absolute atomic E-state index is 0.0101. The van der Waals surface area contributed by atoms with Crippen LogP contribution >= 0.6 is 0 Å². The first kappa shape index (κ1) is 14.1. The highest BCUT2D eigenvalue weighted by Crippen LogP contribution is 2.31. The molecule has 0 aliphatic carbocycles. The normalized spacial score (nSPS) is 24.0. The first-order chi connectivity index (χ1) is 10.0. The maximum atomic E-state index is 12.6. The molecule has 0 spiro atoms. The molecular weight excluding hydrogens is 266 g/mol. The lowest BCUT2D eigenvalue weighted by Crippen LogP contribution is -2.40. The number of benzene rings is 1. The number of hydrogen-bond donors (Lipinski definition) is 2. The smallest absolute Gasteiger partial charge is 0.253 e. The van der Waals surface area contributed by atoms with E-state index in [2.05, 4.69) is 10.6 Å². The van der Waals surface area contributed by atoms with E-state index in [0.29, 0.717) is 19.5 Å². The molecule has 112 valence electrons. The van der Waals surface area contributed by atoms with Crippen LogP contribution in [0.15, 0.2) is 18.2 Å². The molecule has 2 aliphatic heterocycles. The van der Waals surface area contributed by atoms with Gasteiger partial charge in [-0.15, -0.1) is 0 Å². The number of hydrogen-bond acceptors (Lipinski definition) is 3. The Morgan fingerprint density at radius 1 is 1.29 bits per heavy atom. The average molecular weight is 287 g/mol. The minimum Gasteiger partial charge on any atom is -0.359 e. The van der Waals surface area contributed by atoms with E-state index in [4.69, 9.17) is 0 Å². The van der Waals surface area contributed by atoms with Crippen molar-refractivity contribution >= 4 is 11.8 Å². The van der Waals surface area contributed by atoms with Crippen molar-refractivity contribution in [2.24, 2.45) is 5.41 Å². The summed E-state index contributed by atoms with van der Waals surface area (Å²) in [6, 6.07) is 5.90. The van der Waals surface area contributed by atoms with Crippen molar-refractivity contribution in [2.75, 3.05) is 20.1 Å². The Balaban J connectivity index is 1.76. The lowest BCUT2D eigenvalue weighted by atomic mass is 9.89. The van der Waals surface area contributed by atoms with E-state index in [0.717, 1.165) is 18.7 Å². The molecule has 5 nitrogen and oxygen atoms in total. The van der Waals surface area contributed by atoms with Crippen molar-refractivity contribution in [1.29, 1.82) is 0 Å². The maximum absolute atomic E-state index is 12.6. The van der Waals surface area contributed by atoms with Crippen LogP contribution in [0.3, 0.4) is 0 Å². The third-order valence-corrected chi connectivity index (χ3v) is 4.62. The summed E-state index contributed by atoms with van der Waals surface area (Å²) in [6.45, 7) is 4.75. The zero-order valence-corrected chi connectivity index (χ0v) is 12.5. The van der Waals surface area contributed by atoms with Gasteiger partial charge >= 0.3 is 0 Å². The van der Waals surface area contributed by atoms with Gasteiger partial charge < -0.3 is 15.5 Å². The number of carbonyl (C=O) groups excluding carboxylic acids is 2. The molecule has 0 bridgehead atoms. The van der Waals surface area contributed by atoms with E-state index in [9.17, 15) is 9.59 Å². The summed E-state index contributed by atoms with van der Waals surface area (Å²) in [4.78, 5) is 26.3. The highest BCUT2D eigenvalue weighted by Gasteiger charge is 2.41.